The number of carbonyl (C=O) groups excluding carboxylic acids is 3. The number of hydrogen-bond acceptors (Lipinski definition) is 10. The summed E-state index contributed by atoms with van der Waals surface area (Å²) < 4.78 is 111. The Morgan fingerprint density at radius 1 is 0.789 bits per heavy atom. The zero-order valence-corrected chi connectivity index (χ0v) is 31.1. The van der Waals surface area contributed by atoms with Gasteiger partial charge in [0.15, 0.2) is 0 Å². The summed E-state index contributed by atoms with van der Waals surface area (Å²) in [5, 5.41) is 26.9. The zero-order chi connectivity index (χ0) is 41.9. The molecule has 2 amide bonds. The van der Waals surface area contributed by atoms with Gasteiger partial charge in [0.05, 0.1) is 56.3 Å². The van der Waals surface area contributed by atoms with Crippen LogP contribution >= 0.6 is 0 Å². The van der Waals surface area contributed by atoms with E-state index in [-0.39, 0.29) is 24.3 Å². The first kappa shape index (κ1) is 43.2. The summed E-state index contributed by atoms with van der Waals surface area (Å²) in [5.74, 6) is -7.58. The molecule has 2 aliphatic heterocycles. The number of methoxy groups -OCH3 is 1. The maximum absolute atomic E-state index is 13.7. The van der Waals surface area contributed by atoms with Crippen molar-refractivity contribution in [2.75, 3.05) is 7.11 Å². The van der Waals surface area contributed by atoms with Crippen LogP contribution in [0.1, 0.15) is 78.4 Å². The van der Waals surface area contributed by atoms with Crippen LogP contribution in [0.2, 0.25) is 0 Å². The summed E-state index contributed by atoms with van der Waals surface area (Å²) >= 11 is 0. The van der Waals surface area contributed by atoms with E-state index < -0.39 is 108 Å². The fraction of sp³-hybridized carbons (Fsp3) is 0.462. The Morgan fingerprint density at radius 2 is 1.30 bits per heavy atom. The molecule has 2 heterocycles. The molecule has 8 atom stereocenters. The van der Waals surface area contributed by atoms with Gasteiger partial charge in [-0.1, -0.05) is 60.7 Å². The predicted octanol–water partition coefficient (Wildman–Crippen LogP) is 6.24. The smallest absolute Gasteiger partial charge is 0.471 e. The number of benzene rings is 3. The van der Waals surface area contributed by atoms with Crippen LogP contribution in [-0.2, 0) is 46.5 Å². The van der Waals surface area contributed by atoms with Gasteiger partial charge in [0.1, 0.15) is 29.3 Å². The summed E-state index contributed by atoms with van der Waals surface area (Å²) in [4.78, 5) is 37.7. The third-order valence-corrected chi connectivity index (χ3v) is 9.95. The third-order valence-electron chi connectivity index (χ3n) is 9.95. The van der Waals surface area contributed by atoms with E-state index in [1.54, 1.807) is 60.7 Å². The van der Waals surface area contributed by atoms with Gasteiger partial charge in [-0.15, -0.1) is 0 Å². The zero-order valence-electron chi connectivity index (χ0n) is 31.1. The van der Waals surface area contributed by atoms with Crippen molar-refractivity contribution in [3.05, 3.63) is 94.5 Å². The van der Waals surface area contributed by atoms with Crippen molar-refractivity contribution < 1.29 is 74.6 Å². The van der Waals surface area contributed by atoms with Crippen molar-refractivity contribution >= 4 is 17.8 Å². The molecule has 2 fully saturated rings. The average molecular weight is 813 g/mol. The van der Waals surface area contributed by atoms with Gasteiger partial charge in [-0.3, -0.25) is 9.59 Å². The SMILES string of the molecule is COC(=O)c1c(O)c([C@@H]2C[C@](C)(NC(=O)C(F)(F)F)[C@H](OCc3ccccc3)[C@H](C)O2)cc([C@H]2C[C@@H](NC(=O)C(F)(F)F)[C@H](OCc3ccccc3)[C@@H](C)O2)c1O. The molecule has 2 saturated heterocycles. The Kier molecular flexibility index (Phi) is 13.1. The predicted molar refractivity (Wildman–Crippen MR) is 188 cm³/mol. The number of alkyl halides is 6. The normalized spacial score (nSPS) is 26.7. The van der Waals surface area contributed by atoms with Crippen LogP contribution in [0.3, 0.4) is 0 Å². The number of phenolic OH excluding ortho intramolecular Hbond substituents is 2. The number of nitrogens with one attached hydrogen (secondary N) is 2. The van der Waals surface area contributed by atoms with Gasteiger partial charge in [-0.05, 0) is 38.0 Å². The fourth-order valence-corrected chi connectivity index (χ4v) is 7.30. The first-order chi connectivity index (χ1) is 26.7. The molecule has 0 radical (unpaired) electrons. The Bertz CT molecular complexity index is 1900. The van der Waals surface area contributed by atoms with E-state index >= 15 is 0 Å². The Balaban J connectivity index is 1.54. The van der Waals surface area contributed by atoms with E-state index in [0.29, 0.717) is 11.1 Å². The number of esters is 1. The van der Waals surface area contributed by atoms with Crippen molar-refractivity contribution in [3.8, 4) is 11.5 Å². The van der Waals surface area contributed by atoms with Gasteiger partial charge >= 0.3 is 30.1 Å². The molecule has 0 bridgehead atoms. The van der Waals surface area contributed by atoms with Crippen molar-refractivity contribution in [2.45, 2.75) is 107 Å². The Labute approximate surface area is 323 Å². The maximum Gasteiger partial charge on any atom is 0.471 e. The number of ether oxygens (including phenoxy) is 5. The summed E-state index contributed by atoms with van der Waals surface area (Å²) in [6, 6.07) is 17.0. The van der Waals surface area contributed by atoms with Crippen molar-refractivity contribution in [1.29, 1.82) is 0 Å². The molecule has 0 unspecified atom stereocenters. The van der Waals surface area contributed by atoms with E-state index in [1.165, 1.54) is 20.8 Å². The lowest BCUT2D eigenvalue weighted by molar-refractivity contribution is -0.196. The van der Waals surface area contributed by atoms with Crippen LogP contribution in [-0.4, -0.2) is 83.5 Å². The lowest BCUT2D eigenvalue weighted by atomic mass is 9.79. The van der Waals surface area contributed by atoms with E-state index in [1.807, 2.05) is 10.6 Å². The van der Waals surface area contributed by atoms with Crippen molar-refractivity contribution in [2.24, 2.45) is 0 Å². The second-order valence-electron chi connectivity index (χ2n) is 14.1. The molecule has 18 heteroatoms. The highest BCUT2D eigenvalue weighted by Gasteiger charge is 2.52. The minimum Gasteiger partial charge on any atom is -0.507 e. The molecule has 3 aromatic carbocycles. The number of carbonyl (C=O) groups is 3. The van der Waals surface area contributed by atoms with Crippen LogP contribution in [0.4, 0.5) is 26.3 Å². The lowest BCUT2D eigenvalue weighted by Crippen LogP contribution is -2.64. The molecule has 3 aromatic rings. The van der Waals surface area contributed by atoms with Crippen molar-refractivity contribution in [1.82, 2.24) is 10.6 Å². The number of amides is 2. The first-order valence-electron chi connectivity index (χ1n) is 17.8. The highest BCUT2D eigenvalue weighted by molar-refractivity contribution is 5.96. The Morgan fingerprint density at radius 3 is 1.82 bits per heavy atom. The topological polar surface area (TPSA) is 162 Å². The highest BCUT2D eigenvalue weighted by Crippen LogP contribution is 2.49. The molecular weight excluding hydrogens is 770 g/mol. The number of aromatic hydroxyl groups is 2. The monoisotopic (exact) mass is 812 g/mol. The highest BCUT2D eigenvalue weighted by atomic mass is 19.4. The van der Waals surface area contributed by atoms with Gasteiger partial charge in [-0.25, -0.2) is 4.79 Å². The van der Waals surface area contributed by atoms with E-state index in [9.17, 15) is 50.9 Å². The van der Waals surface area contributed by atoms with Crippen LogP contribution < -0.4 is 10.6 Å². The maximum atomic E-state index is 13.7. The average Bonchev–Trinajstić information content (AvgIpc) is 3.14. The number of rotatable bonds is 11. The molecule has 57 heavy (non-hydrogen) atoms. The molecule has 4 N–H and O–H groups in total. The fourth-order valence-electron chi connectivity index (χ4n) is 7.30. The standard InChI is InChI=1S/C39H42F6N2O10/c1-20-32(54-18-22-11-7-5-8-12-22)26(46-35(51)38(40,41)42)16-27(56-20)24-15-25(31(49)29(30(24)48)34(50)53-4)28-17-37(3,47-36(52)39(43,44)45)33(21(2)57-28)55-19-23-13-9-6-10-14-23/h5-15,20-21,26-28,32-33,48-49H,16-19H2,1-4H3,(H,46,51)(H,47,52)/t20-,21+,26-,27-,28+,32-,33-,37+/m1/s1. The molecule has 5 rings (SSSR count). The van der Waals surface area contributed by atoms with E-state index in [0.717, 1.165) is 13.2 Å². The number of phenols is 2. The molecule has 0 saturated carbocycles. The molecule has 0 aromatic heterocycles. The van der Waals surface area contributed by atoms with Crippen LogP contribution in [0.25, 0.3) is 0 Å². The summed E-state index contributed by atoms with van der Waals surface area (Å²) in [6.45, 7) is 4.08. The summed E-state index contributed by atoms with van der Waals surface area (Å²) in [5.41, 5.74) is -1.84. The lowest BCUT2D eigenvalue weighted by Gasteiger charge is -2.48. The van der Waals surface area contributed by atoms with Crippen LogP contribution in [0.5, 0.6) is 11.5 Å². The second-order valence-corrected chi connectivity index (χ2v) is 14.1. The molecule has 0 aliphatic carbocycles. The minimum absolute atomic E-state index is 0.0692. The van der Waals surface area contributed by atoms with Crippen molar-refractivity contribution in [3.63, 3.8) is 0 Å². The van der Waals surface area contributed by atoms with Gasteiger partial charge in [-0.2, -0.15) is 26.3 Å². The molecule has 310 valence electrons. The number of hydrogen-bond donors (Lipinski definition) is 4. The summed E-state index contributed by atoms with van der Waals surface area (Å²) in [6.07, 6.45) is -18.8. The number of halogens is 6. The van der Waals surface area contributed by atoms with Gasteiger partial charge in [0.25, 0.3) is 0 Å². The third kappa shape index (κ3) is 9.98. The first-order valence-corrected chi connectivity index (χ1v) is 17.8. The quantitative estimate of drug-likeness (QED) is 0.129. The largest absolute Gasteiger partial charge is 0.507 e. The second kappa shape index (κ2) is 17.3. The molecule has 0 spiro atoms. The van der Waals surface area contributed by atoms with E-state index in [2.05, 4.69) is 0 Å². The van der Waals surface area contributed by atoms with Gasteiger partial charge < -0.3 is 44.5 Å². The molecular formula is C39H42F6N2O10. The molecule has 12 nitrogen and oxygen atoms in total. The van der Waals surface area contributed by atoms with E-state index in [4.69, 9.17) is 23.7 Å². The Hall–Kier alpha value is -4.91. The van der Waals surface area contributed by atoms with Gasteiger partial charge in [0.2, 0.25) is 0 Å². The van der Waals surface area contributed by atoms with Gasteiger partial charge in [0, 0.05) is 24.0 Å². The van der Waals surface area contributed by atoms with Crippen LogP contribution in [0, 0.1) is 0 Å². The molecule has 2 aliphatic rings. The van der Waals surface area contributed by atoms with Crippen LogP contribution in [0.15, 0.2) is 66.7 Å². The minimum atomic E-state index is -5.30. The summed E-state index contributed by atoms with van der Waals surface area (Å²) in [7, 11) is 0.946.